The molecular weight excluding hydrogens is 286 g/mol. The standard InChI is InChI=1S/C16H17NO5/c1-22-14-8-4-12(5-9-14)16(19)10-15(18)11-2-6-13(7-3-11)17(20)21/h2-9,15-16,18-19H,10H2,1H3/t15-,16-/m1/s1. The van der Waals surface area contributed by atoms with Gasteiger partial charge in [0.1, 0.15) is 5.75 Å². The van der Waals surface area contributed by atoms with Crippen molar-refractivity contribution in [1.82, 2.24) is 0 Å². The molecule has 0 radical (unpaired) electrons. The number of benzene rings is 2. The normalized spacial score (nSPS) is 13.4. The van der Waals surface area contributed by atoms with Crippen LogP contribution in [0.2, 0.25) is 0 Å². The first-order valence-corrected chi connectivity index (χ1v) is 6.75. The zero-order valence-electron chi connectivity index (χ0n) is 12.0. The first kappa shape index (κ1) is 15.9. The molecule has 0 aliphatic rings. The van der Waals surface area contributed by atoms with Crippen molar-refractivity contribution in [3.63, 3.8) is 0 Å². The molecule has 22 heavy (non-hydrogen) atoms. The average molecular weight is 303 g/mol. The highest BCUT2D eigenvalue weighted by Gasteiger charge is 2.16. The second-order valence-electron chi connectivity index (χ2n) is 4.89. The summed E-state index contributed by atoms with van der Waals surface area (Å²) in [6.07, 6.45) is -1.64. The number of rotatable bonds is 6. The lowest BCUT2D eigenvalue weighted by Gasteiger charge is -2.16. The molecule has 0 spiro atoms. The van der Waals surface area contributed by atoms with Crippen LogP contribution in [0.15, 0.2) is 48.5 Å². The van der Waals surface area contributed by atoms with E-state index in [1.54, 1.807) is 31.4 Å². The topological polar surface area (TPSA) is 92.8 Å². The Bertz CT molecular complexity index is 624. The molecule has 0 fully saturated rings. The molecule has 6 nitrogen and oxygen atoms in total. The van der Waals surface area contributed by atoms with Crippen molar-refractivity contribution < 1.29 is 19.9 Å². The van der Waals surface area contributed by atoms with Crippen molar-refractivity contribution in [3.05, 3.63) is 69.8 Å². The van der Waals surface area contributed by atoms with Crippen molar-refractivity contribution in [2.75, 3.05) is 7.11 Å². The Balaban J connectivity index is 2.03. The maximum atomic E-state index is 10.6. The van der Waals surface area contributed by atoms with Crippen LogP contribution in [0.25, 0.3) is 0 Å². The number of hydrogen-bond acceptors (Lipinski definition) is 5. The highest BCUT2D eigenvalue weighted by molar-refractivity contribution is 5.34. The van der Waals surface area contributed by atoms with Crippen LogP contribution in [-0.2, 0) is 0 Å². The van der Waals surface area contributed by atoms with Crippen LogP contribution < -0.4 is 4.74 Å². The fraction of sp³-hybridized carbons (Fsp3) is 0.250. The van der Waals surface area contributed by atoms with Crippen molar-refractivity contribution in [1.29, 1.82) is 0 Å². The summed E-state index contributed by atoms with van der Waals surface area (Å²) in [7, 11) is 1.56. The molecule has 0 saturated carbocycles. The molecule has 2 aromatic rings. The van der Waals surface area contributed by atoms with Crippen LogP contribution in [0.3, 0.4) is 0 Å². The number of aliphatic hydroxyl groups is 2. The number of nitrogens with zero attached hydrogens (tertiary/aromatic N) is 1. The van der Waals surface area contributed by atoms with Crippen LogP contribution in [-0.4, -0.2) is 22.2 Å². The molecule has 6 heteroatoms. The molecule has 2 N–H and O–H groups in total. The number of aliphatic hydroxyl groups excluding tert-OH is 2. The molecule has 0 aliphatic heterocycles. The van der Waals surface area contributed by atoms with Crippen LogP contribution in [0.5, 0.6) is 5.75 Å². The number of ether oxygens (including phenoxy) is 1. The molecule has 0 saturated heterocycles. The van der Waals surface area contributed by atoms with Gasteiger partial charge in [0.05, 0.1) is 24.2 Å². The minimum Gasteiger partial charge on any atom is -0.497 e. The minimum atomic E-state index is -0.905. The average Bonchev–Trinajstić information content (AvgIpc) is 2.54. The second-order valence-corrected chi connectivity index (χ2v) is 4.89. The van der Waals surface area contributed by atoms with Gasteiger partial charge < -0.3 is 14.9 Å². The molecule has 0 aromatic heterocycles. The van der Waals surface area contributed by atoms with Gasteiger partial charge in [0.25, 0.3) is 5.69 Å². The van der Waals surface area contributed by atoms with E-state index in [0.29, 0.717) is 16.9 Å². The fourth-order valence-electron chi connectivity index (χ4n) is 2.13. The monoisotopic (exact) mass is 303 g/mol. The van der Waals surface area contributed by atoms with E-state index in [0.717, 1.165) is 0 Å². The highest BCUT2D eigenvalue weighted by Crippen LogP contribution is 2.28. The van der Waals surface area contributed by atoms with Gasteiger partial charge in [0, 0.05) is 18.6 Å². The molecule has 2 aromatic carbocycles. The number of nitro groups is 1. The quantitative estimate of drug-likeness (QED) is 0.632. The number of non-ortho nitro benzene ring substituents is 1. The van der Waals surface area contributed by atoms with Crippen molar-refractivity contribution >= 4 is 5.69 Å². The van der Waals surface area contributed by atoms with E-state index >= 15 is 0 Å². The molecule has 2 atom stereocenters. The third kappa shape index (κ3) is 3.81. The van der Waals surface area contributed by atoms with Crippen molar-refractivity contribution in [2.24, 2.45) is 0 Å². The molecule has 0 heterocycles. The maximum absolute atomic E-state index is 10.6. The van der Waals surface area contributed by atoms with Crippen LogP contribution in [0.4, 0.5) is 5.69 Å². The minimum absolute atomic E-state index is 0.0355. The Kier molecular flexibility index (Phi) is 5.08. The van der Waals surface area contributed by atoms with E-state index in [9.17, 15) is 20.3 Å². The lowest BCUT2D eigenvalue weighted by molar-refractivity contribution is -0.384. The van der Waals surface area contributed by atoms with Crippen molar-refractivity contribution in [3.8, 4) is 5.75 Å². The smallest absolute Gasteiger partial charge is 0.269 e. The second kappa shape index (κ2) is 7.02. The van der Waals surface area contributed by atoms with Gasteiger partial charge in [-0.2, -0.15) is 0 Å². The Morgan fingerprint density at radius 2 is 1.45 bits per heavy atom. The Labute approximate surface area is 127 Å². The Morgan fingerprint density at radius 3 is 1.86 bits per heavy atom. The predicted molar refractivity (Wildman–Crippen MR) is 80.6 cm³/mol. The lowest BCUT2D eigenvalue weighted by atomic mass is 9.99. The van der Waals surface area contributed by atoms with E-state index in [-0.39, 0.29) is 12.1 Å². The van der Waals surface area contributed by atoms with Gasteiger partial charge in [0.2, 0.25) is 0 Å². The summed E-state index contributed by atoms with van der Waals surface area (Å²) in [4.78, 5) is 10.1. The van der Waals surface area contributed by atoms with Crippen molar-refractivity contribution in [2.45, 2.75) is 18.6 Å². The zero-order valence-corrected chi connectivity index (χ0v) is 12.0. The van der Waals surface area contributed by atoms with Gasteiger partial charge in [0.15, 0.2) is 0 Å². The van der Waals surface area contributed by atoms with Crippen LogP contribution in [0, 0.1) is 10.1 Å². The van der Waals surface area contributed by atoms with Gasteiger partial charge in [-0.25, -0.2) is 0 Å². The van der Waals surface area contributed by atoms with E-state index < -0.39 is 17.1 Å². The van der Waals surface area contributed by atoms with Gasteiger partial charge in [-0.05, 0) is 35.4 Å². The van der Waals surface area contributed by atoms with E-state index in [2.05, 4.69) is 0 Å². The molecular formula is C16H17NO5. The summed E-state index contributed by atoms with van der Waals surface area (Å²) in [6, 6.07) is 12.6. The molecule has 0 amide bonds. The summed E-state index contributed by atoms with van der Waals surface area (Å²) in [5, 5.41) is 30.9. The largest absolute Gasteiger partial charge is 0.497 e. The van der Waals surface area contributed by atoms with Crippen LogP contribution >= 0.6 is 0 Å². The van der Waals surface area contributed by atoms with Gasteiger partial charge >= 0.3 is 0 Å². The maximum Gasteiger partial charge on any atom is 0.269 e. The number of hydrogen-bond donors (Lipinski definition) is 2. The lowest BCUT2D eigenvalue weighted by Crippen LogP contribution is -2.06. The van der Waals surface area contributed by atoms with Crippen LogP contribution in [0.1, 0.15) is 29.8 Å². The molecule has 0 bridgehead atoms. The predicted octanol–water partition coefficient (Wildman–Crippen LogP) is 2.76. The molecule has 116 valence electrons. The van der Waals surface area contributed by atoms with Gasteiger partial charge in [-0.3, -0.25) is 10.1 Å². The zero-order chi connectivity index (χ0) is 16.1. The fourth-order valence-corrected chi connectivity index (χ4v) is 2.13. The molecule has 0 aliphatic carbocycles. The first-order chi connectivity index (χ1) is 10.5. The highest BCUT2D eigenvalue weighted by atomic mass is 16.6. The third-order valence-electron chi connectivity index (χ3n) is 3.44. The van der Waals surface area contributed by atoms with E-state index in [4.69, 9.17) is 4.74 Å². The van der Waals surface area contributed by atoms with E-state index in [1.165, 1.54) is 24.3 Å². The summed E-state index contributed by atoms with van der Waals surface area (Å²) in [6.45, 7) is 0. The summed E-state index contributed by atoms with van der Waals surface area (Å²) in [5.41, 5.74) is 1.16. The van der Waals surface area contributed by atoms with E-state index in [1.807, 2.05) is 0 Å². The SMILES string of the molecule is COc1ccc([C@H](O)C[C@@H](O)c2ccc([N+](=O)[O-])cc2)cc1. The first-order valence-electron chi connectivity index (χ1n) is 6.75. The summed E-state index contributed by atoms with van der Waals surface area (Å²) in [5.74, 6) is 0.687. The molecule has 2 rings (SSSR count). The Morgan fingerprint density at radius 1 is 1.00 bits per heavy atom. The number of nitro benzene ring substituents is 1. The Hall–Kier alpha value is -2.44. The van der Waals surface area contributed by atoms with Gasteiger partial charge in [-0.15, -0.1) is 0 Å². The van der Waals surface area contributed by atoms with Gasteiger partial charge in [-0.1, -0.05) is 12.1 Å². The number of methoxy groups -OCH3 is 1. The molecule has 0 unspecified atom stereocenters. The third-order valence-corrected chi connectivity index (χ3v) is 3.44. The summed E-state index contributed by atoms with van der Waals surface area (Å²) < 4.78 is 5.04. The summed E-state index contributed by atoms with van der Waals surface area (Å²) >= 11 is 0.